The van der Waals surface area contributed by atoms with Crippen molar-refractivity contribution in [2.24, 2.45) is 10.2 Å². The van der Waals surface area contributed by atoms with Gasteiger partial charge in [-0.05, 0) is 57.4 Å². The number of carbonyl (C=O) groups excluding carboxylic acids is 2. The van der Waals surface area contributed by atoms with Crippen LogP contribution in [0.4, 0.5) is 4.39 Å². The first-order valence-corrected chi connectivity index (χ1v) is 12.1. The molecule has 2 aliphatic rings. The molecule has 2 amide bonds. The van der Waals surface area contributed by atoms with Crippen molar-refractivity contribution < 1.29 is 18.4 Å². The highest BCUT2D eigenvalue weighted by Gasteiger charge is 2.29. The lowest BCUT2D eigenvalue weighted by molar-refractivity contribution is 0.0703. The molecule has 0 radical (unpaired) electrons. The van der Waals surface area contributed by atoms with E-state index in [1.807, 2.05) is 16.7 Å². The molecule has 4 aromatic rings. The number of rotatable bonds is 4. The van der Waals surface area contributed by atoms with E-state index in [1.165, 1.54) is 6.07 Å². The second kappa shape index (κ2) is 8.90. The molecule has 0 spiro atoms. The van der Waals surface area contributed by atoms with Crippen LogP contribution in [0.1, 0.15) is 43.7 Å². The molecule has 36 heavy (non-hydrogen) atoms. The predicted molar refractivity (Wildman–Crippen MR) is 129 cm³/mol. The number of aromatic nitrogens is 3. The van der Waals surface area contributed by atoms with Gasteiger partial charge in [-0.25, -0.2) is 4.39 Å². The van der Waals surface area contributed by atoms with Crippen molar-refractivity contribution in [1.82, 2.24) is 19.7 Å². The lowest BCUT2D eigenvalue weighted by Crippen LogP contribution is -2.39. The summed E-state index contributed by atoms with van der Waals surface area (Å²) < 4.78 is 22.9. The third-order valence-corrected chi connectivity index (χ3v) is 6.79. The normalized spacial score (nSPS) is 16.7. The van der Waals surface area contributed by atoms with Gasteiger partial charge >= 0.3 is 0 Å². The van der Waals surface area contributed by atoms with Gasteiger partial charge in [0, 0.05) is 25.1 Å². The fourth-order valence-corrected chi connectivity index (χ4v) is 4.88. The summed E-state index contributed by atoms with van der Waals surface area (Å²) in [6, 6.07) is 14.8. The van der Waals surface area contributed by atoms with Crippen LogP contribution in [0.2, 0.25) is 0 Å². The number of hydrogen-bond acceptors (Lipinski definition) is 6. The number of azo groups is 1. The van der Waals surface area contributed by atoms with Crippen molar-refractivity contribution >= 4 is 27.7 Å². The van der Waals surface area contributed by atoms with E-state index in [4.69, 9.17) is 4.42 Å². The largest absolute Gasteiger partial charge is 0.446 e. The fourth-order valence-electron chi connectivity index (χ4n) is 4.58. The highest BCUT2D eigenvalue weighted by Crippen LogP contribution is 2.31. The highest BCUT2D eigenvalue weighted by atomic mass is 79.9. The van der Waals surface area contributed by atoms with Crippen LogP contribution in [0, 0.1) is 5.82 Å². The van der Waals surface area contributed by atoms with Gasteiger partial charge in [-0.15, -0.1) is 15.3 Å². The first-order chi connectivity index (χ1) is 17.5. The maximum Gasteiger partial charge on any atom is 0.295 e. The minimum Gasteiger partial charge on any atom is -0.446 e. The number of furan rings is 1. The molecule has 0 bridgehead atoms. The standard InChI is InChI=1S/C25H18BrFN6O3/c26-21-8-7-20(36-21)23-30-29-22-13-32(9-10-33(22)23)25(35)17-11-14(5-6-18(17)27)12-19-15-3-1-2-4-16(15)24(34)31-28-19/h1-8,11,19H,9-10,12-13H2. The Morgan fingerprint density at radius 3 is 2.81 bits per heavy atom. The zero-order valence-corrected chi connectivity index (χ0v) is 20.4. The molecule has 2 aliphatic heterocycles. The quantitative estimate of drug-likeness (QED) is 0.357. The third kappa shape index (κ3) is 3.95. The van der Waals surface area contributed by atoms with E-state index in [2.05, 4.69) is 36.4 Å². The molecule has 180 valence electrons. The highest BCUT2D eigenvalue weighted by molar-refractivity contribution is 9.10. The number of halogens is 2. The van der Waals surface area contributed by atoms with Crippen LogP contribution in [0.15, 0.2) is 73.9 Å². The van der Waals surface area contributed by atoms with Gasteiger partial charge < -0.3 is 13.9 Å². The molecule has 9 nitrogen and oxygen atoms in total. The second-order valence-corrected chi connectivity index (χ2v) is 9.35. The van der Waals surface area contributed by atoms with Gasteiger partial charge in [0.2, 0.25) is 0 Å². The third-order valence-electron chi connectivity index (χ3n) is 6.36. The second-order valence-electron chi connectivity index (χ2n) is 8.56. The maximum absolute atomic E-state index is 14.8. The minimum absolute atomic E-state index is 0.0206. The molecular formula is C25H18BrFN6O3. The summed E-state index contributed by atoms with van der Waals surface area (Å²) in [6.07, 6.45) is 0.380. The summed E-state index contributed by atoms with van der Waals surface area (Å²) >= 11 is 3.28. The summed E-state index contributed by atoms with van der Waals surface area (Å²) in [5.74, 6) is 0.346. The Balaban J connectivity index is 1.23. The van der Waals surface area contributed by atoms with Crippen LogP contribution < -0.4 is 0 Å². The van der Waals surface area contributed by atoms with Crippen molar-refractivity contribution in [3.8, 4) is 11.6 Å². The van der Waals surface area contributed by atoms with Crippen LogP contribution in [-0.2, 0) is 19.5 Å². The Labute approximate surface area is 212 Å². The first kappa shape index (κ1) is 22.5. The van der Waals surface area contributed by atoms with E-state index in [-0.39, 0.29) is 24.1 Å². The van der Waals surface area contributed by atoms with Crippen LogP contribution in [0.3, 0.4) is 0 Å². The van der Waals surface area contributed by atoms with Crippen LogP contribution >= 0.6 is 15.9 Å². The number of nitrogens with zero attached hydrogens (tertiary/aromatic N) is 6. The molecule has 0 N–H and O–H groups in total. The van der Waals surface area contributed by atoms with Gasteiger partial charge in [0.15, 0.2) is 22.1 Å². The molecule has 0 saturated carbocycles. The summed E-state index contributed by atoms with van der Waals surface area (Å²) in [4.78, 5) is 26.9. The number of fused-ring (bicyclic) bond motifs is 2. The molecule has 0 saturated heterocycles. The Bertz CT molecular complexity index is 1540. The van der Waals surface area contributed by atoms with E-state index in [0.717, 1.165) is 11.1 Å². The SMILES string of the molecule is O=C1N=NC(Cc2ccc(F)c(C(=O)N3CCn4c(nnc4-c4ccc(Br)o4)C3)c2)c2ccccc21. The molecule has 4 heterocycles. The van der Waals surface area contributed by atoms with Gasteiger partial charge in [0.25, 0.3) is 11.8 Å². The van der Waals surface area contributed by atoms with Gasteiger partial charge in [0.05, 0.1) is 12.1 Å². The topological polar surface area (TPSA) is 106 Å². The van der Waals surface area contributed by atoms with Crippen molar-refractivity contribution in [2.75, 3.05) is 6.54 Å². The average Bonchev–Trinajstić information content (AvgIpc) is 3.52. The molecule has 2 aromatic carbocycles. The number of hydrogen-bond donors (Lipinski definition) is 0. The monoisotopic (exact) mass is 548 g/mol. The van der Waals surface area contributed by atoms with Gasteiger partial charge in [-0.3, -0.25) is 9.59 Å². The predicted octanol–water partition coefficient (Wildman–Crippen LogP) is 4.99. The molecule has 11 heteroatoms. The number of carbonyl (C=O) groups is 2. The van der Waals surface area contributed by atoms with E-state index in [0.29, 0.717) is 47.2 Å². The molecular weight excluding hydrogens is 531 g/mol. The molecule has 2 aromatic heterocycles. The number of amides is 2. The van der Waals surface area contributed by atoms with Crippen molar-refractivity contribution in [2.45, 2.75) is 25.6 Å². The Kier molecular flexibility index (Phi) is 5.56. The number of benzene rings is 2. The molecule has 0 fully saturated rings. The Morgan fingerprint density at radius 1 is 1.11 bits per heavy atom. The van der Waals surface area contributed by atoms with Crippen LogP contribution in [0.5, 0.6) is 0 Å². The van der Waals surface area contributed by atoms with Gasteiger partial charge in [-0.2, -0.15) is 5.11 Å². The summed E-state index contributed by atoms with van der Waals surface area (Å²) in [5, 5.41) is 16.3. The zero-order chi connectivity index (χ0) is 24.8. The smallest absolute Gasteiger partial charge is 0.295 e. The summed E-state index contributed by atoms with van der Waals surface area (Å²) in [7, 11) is 0. The molecule has 6 rings (SSSR count). The maximum atomic E-state index is 14.8. The lowest BCUT2D eigenvalue weighted by atomic mass is 9.93. The Morgan fingerprint density at radius 2 is 1.97 bits per heavy atom. The average molecular weight is 549 g/mol. The van der Waals surface area contributed by atoms with E-state index >= 15 is 0 Å². The van der Waals surface area contributed by atoms with Crippen LogP contribution in [-0.4, -0.2) is 38.0 Å². The van der Waals surface area contributed by atoms with E-state index < -0.39 is 11.7 Å². The summed E-state index contributed by atoms with van der Waals surface area (Å²) in [6.45, 7) is 1.02. The Hall–Kier alpha value is -3.99. The molecule has 1 unspecified atom stereocenters. The van der Waals surface area contributed by atoms with Gasteiger partial charge in [0.1, 0.15) is 11.9 Å². The fraction of sp³-hybridized carbons (Fsp3) is 0.200. The minimum atomic E-state index is -0.599. The summed E-state index contributed by atoms with van der Waals surface area (Å²) in [5.41, 5.74) is 1.98. The van der Waals surface area contributed by atoms with E-state index in [9.17, 15) is 14.0 Å². The molecule has 1 atom stereocenters. The van der Waals surface area contributed by atoms with Crippen LogP contribution in [0.25, 0.3) is 11.6 Å². The van der Waals surface area contributed by atoms with Crippen molar-refractivity contribution in [3.05, 3.63) is 93.2 Å². The van der Waals surface area contributed by atoms with Gasteiger partial charge in [-0.1, -0.05) is 24.3 Å². The first-order valence-electron chi connectivity index (χ1n) is 11.3. The van der Waals surface area contributed by atoms with E-state index in [1.54, 1.807) is 41.3 Å². The lowest BCUT2D eigenvalue weighted by Gasteiger charge is -2.28. The van der Waals surface area contributed by atoms with Crippen molar-refractivity contribution in [1.29, 1.82) is 0 Å². The molecule has 0 aliphatic carbocycles. The zero-order valence-electron chi connectivity index (χ0n) is 18.8. The van der Waals surface area contributed by atoms with Crippen molar-refractivity contribution in [3.63, 3.8) is 0 Å².